The summed E-state index contributed by atoms with van der Waals surface area (Å²) in [6.07, 6.45) is -0.109. The molecule has 0 spiro atoms. The summed E-state index contributed by atoms with van der Waals surface area (Å²) in [5.41, 5.74) is 7.50. The lowest BCUT2D eigenvalue weighted by Gasteiger charge is -2.16. The average Bonchev–Trinajstić information content (AvgIpc) is 2.66. The smallest absolute Gasteiger partial charge is 0.328 e. The minimum absolute atomic E-state index is 0.239. The number of ether oxygens (including phenoxy) is 3. The number of nitrogens with zero attached hydrogens (tertiary/aromatic N) is 1. The van der Waals surface area contributed by atoms with Crippen molar-refractivity contribution >= 4 is 23.5 Å². The van der Waals surface area contributed by atoms with E-state index in [2.05, 4.69) is 15.6 Å². The molecule has 28 heavy (non-hydrogen) atoms. The molecule has 1 aromatic carbocycles. The second kappa shape index (κ2) is 12.7. The molecule has 1 rings (SSSR count). The lowest BCUT2D eigenvalue weighted by Crippen LogP contribution is -2.41. The molecule has 0 fully saturated rings. The number of hydrogen-bond donors (Lipinski definition) is 3. The van der Waals surface area contributed by atoms with Crippen molar-refractivity contribution in [2.75, 3.05) is 32.2 Å². The second-order valence-corrected chi connectivity index (χ2v) is 5.87. The largest absolute Gasteiger partial charge is 0.467 e. The fourth-order valence-electron chi connectivity index (χ4n) is 2.43. The zero-order chi connectivity index (χ0) is 20.9. The molecule has 0 radical (unpaired) electrons. The number of anilines is 1. The molecule has 0 aliphatic rings. The molecule has 9 nitrogen and oxygen atoms in total. The number of guanidine groups is 1. The van der Waals surface area contributed by atoms with Crippen LogP contribution in [-0.4, -0.2) is 57.0 Å². The summed E-state index contributed by atoms with van der Waals surface area (Å²) in [6.45, 7) is 6.47. The number of carbonyl (C=O) groups is 2. The lowest BCUT2D eigenvalue weighted by atomic mass is 10.1. The van der Waals surface area contributed by atoms with E-state index >= 15 is 0 Å². The predicted molar refractivity (Wildman–Crippen MR) is 107 cm³/mol. The molecule has 0 aliphatic heterocycles. The minimum Gasteiger partial charge on any atom is -0.467 e. The number of benzene rings is 1. The predicted octanol–water partition coefficient (Wildman–Crippen LogP) is 1.03. The first-order valence-corrected chi connectivity index (χ1v) is 9.13. The van der Waals surface area contributed by atoms with Crippen LogP contribution in [0.3, 0.4) is 0 Å². The standard InChI is InChI=1S/C19H30N4O5/c1-5-27-17(28-6-2)12-21-19(20)23-15-9-7-14(8-10-15)11-16(18(25)26-4)22-13(3)24/h7-10,16-17H,5-6,11-12H2,1-4H3,(H,22,24)(H3,20,21,23). The van der Waals surface area contributed by atoms with Gasteiger partial charge in [-0.15, -0.1) is 0 Å². The first-order chi connectivity index (χ1) is 13.4. The number of nitrogens with one attached hydrogen (secondary N) is 2. The Morgan fingerprint density at radius 3 is 2.25 bits per heavy atom. The highest BCUT2D eigenvalue weighted by Gasteiger charge is 2.20. The molecule has 0 bridgehead atoms. The maximum absolute atomic E-state index is 11.8. The van der Waals surface area contributed by atoms with Gasteiger partial charge >= 0.3 is 5.97 Å². The van der Waals surface area contributed by atoms with Crippen molar-refractivity contribution in [3.63, 3.8) is 0 Å². The van der Waals surface area contributed by atoms with Gasteiger partial charge in [0, 0.05) is 32.2 Å². The van der Waals surface area contributed by atoms with E-state index in [0.29, 0.717) is 19.6 Å². The molecule has 1 amide bonds. The highest BCUT2D eigenvalue weighted by Crippen LogP contribution is 2.12. The van der Waals surface area contributed by atoms with Gasteiger partial charge in [-0.2, -0.15) is 0 Å². The summed E-state index contributed by atoms with van der Waals surface area (Å²) in [4.78, 5) is 27.3. The van der Waals surface area contributed by atoms with Crippen LogP contribution >= 0.6 is 0 Å². The van der Waals surface area contributed by atoms with Gasteiger partial charge < -0.3 is 30.6 Å². The van der Waals surface area contributed by atoms with E-state index in [1.165, 1.54) is 14.0 Å². The van der Waals surface area contributed by atoms with Crippen molar-refractivity contribution in [1.29, 1.82) is 0 Å². The molecule has 156 valence electrons. The highest BCUT2D eigenvalue weighted by atomic mass is 16.7. The Hall–Kier alpha value is -2.65. The Bertz CT molecular complexity index is 642. The zero-order valence-corrected chi connectivity index (χ0v) is 16.9. The number of carbonyl (C=O) groups excluding carboxylic acids is 2. The van der Waals surface area contributed by atoms with Gasteiger partial charge in [-0.05, 0) is 31.5 Å². The maximum Gasteiger partial charge on any atom is 0.328 e. The molecule has 0 saturated carbocycles. The van der Waals surface area contributed by atoms with Crippen LogP contribution in [0.15, 0.2) is 29.3 Å². The molecule has 1 atom stereocenters. The van der Waals surface area contributed by atoms with E-state index in [4.69, 9.17) is 19.9 Å². The molecule has 0 heterocycles. The molecular formula is C19H30N4O5. The van der Waals surface area contributed by atoms with Crippen molar-refractivity contribution < 1.29 is 23.8 Å². The number of aliphatic imine (C=N–C) groups is 1. The Labute approximate surface area is 165 Å². The number of hydrogen-bond acceptors (Lipinski definition) is 6. The van der Waals surface area contributed by atoms with Crippen molar-refractivity contribution in [2.24, 2.45) is 10.7 Å². The summed E-state index contributed by atoms with van der Waals surface area (Å²) >= 11 is 0. The van der Waals surface area contributed by atoms with Crippen molar-refractivity contribution in [1.82, 2.24) is 5.32 Å². The Kier molecular flexibility index (Phi) is 10.6. The van der Waals surface area contributed by atoms with Gasteiger partial charge in [0.25, 0.3) is 0 Å². The second-order valence-electron chi connectivity index (χ2n) is 5.87. The molecule has 1 unspecified atom stereocenters. The average molecular weight is 394 g/mol. The van der Waals surface area contributed by atoms with Gasteiger partial charge in [-0.3, -0.25) is 4.79 Å². The fraction of sp³-hybridized carbons (Fsp3) is 0.526. The maximum atomic E-state index is 11.8. The highest BCUT2D eigenvalue weighted by molar-refractivity contribution is 5.92. The summed E-state index contributed by atoms with van der Waals surface area (Å²) in [7, 11) is 1.29. The van der Waals surface area contributed by atoms with E-state index in [-0.39, 0.29) is 18.4 Å². The van der Waals surface area contributed by atoms with Gasteiger partial charge in [0.05, 0.1) is 13.7 Å². The molecule has 0 saturated heterocycles. The SMILES string of the molecule is CCOC(CN=C(N)Nc1ccc(CC(NC(C)=O)C(=O)OC)cc1)OCC. The van der Waals surface area contributed by atoms with E-state index in [0.717, 1.165) is 11.3 Å². The van der Waals surface area contributed by atoms with Crippen LogP contribution in [0.4, 0.5) is 5.69 Å². The van der Waals surface area contributed by atoms with Gasteiger partial charge in [-0.25, -0.2) is 9.79 Å². The molecule has 0 aliphatic carbocycles. The van der Waals surface area contributed by atoms with Crippen molar-refractivity contribution in [2.45, 2.75) is 39.5 Å². The molecule has 1 aromatic rings. The number of amides is 1. The van der Waals surface area contributed by atoms with Crippen molar-refractivity contribution in [3.05, 3.63) is 29.8 Å². The zero-order valence-electron chi connectivity index (χ0n) is 16.9. The number of methoxy groups -OCH3 is 1. The number of nitrogens with two attached hydrogens (primary N) is 1. The van der Waals surface area contributed by atoms with Crippen LogP contribution in [0.25, 0.3) is 0 Å². The fourth-order valence-corrected chi connectivity index (χ4v) is 2.43. The third-order valence-corrected chi connectivity index (χ3v) is 3.65. The normalized spacial score (nSPS) is 12.5. The Balaban J connectivity index is 2.66. The van der Waals surface area contributed by atoms with E-state index in [1.54, 1.807) is 0 Å². The van der Waals surface area contributed by atoms with Crippen LogP contribution < -0.4 is 16.4 Å². The monoisotopic (exact) mass is 394 g/mol. The molecule has 4 N–H and O–H groups in total. The van der Waals surface area contributed by atoms with Crippen LogP contribution in [-0.2, 0) is 30.2 Å². The van der Waals surface area contributed by atoms with Crippen LogP contribution in [0, 0.1) is 0 Å². The quantitative estimate of drug-likeness (QED) is 0.222. The van der Waals surface area contributed by atoms with Crippen LogP contribution in [0.5, 0.6) is 0 Å². The van der Waals surface area contributed by atoms with Gasteiger partial charge in [0.15, 0.2) is 12.2 Å². The first-order valence-electron chi connectivity index (χ1n) is 9.13. The topological polar surface area (TPSA) is 124 Å². The summed E-state index contributed by atoms with van der Waals surface area (Å²) in [5, 5.41) is 5.57. The summed E-state index contributed by atoms with van der Waals surface area (Å²) in [5.74, 6) is -0.551. The third kappa shape index (κ3) is 8.83. The molecule has 9 heteroatoms. The number of rotatable bonds is 11. The summed E-state index contributed by atoms with van der Waals surface area (Å²) < 4.78 is 15.5. The van der Waals surface area contributed by atoms with Gasteiger partial charge in [0.2, 0.25) is 5.91 Å². The Morgan fingerprint density at radius 2 is 1.75 bits per heavy atom. The van der Waals surface area contributed by atoms with Crippen LogP contribution in [0.1, 0.15) is 26.3 Å². The third-order valence-electron chi connectivity index (χ3n) is 3.65. The van der Waals surface area contributed by atoms with Crippen molar-refractivity contribution in [3.8, 4) is 0 Å². The molecule has 0 aromatic heterocycles. The minimum atomic E-state index is -0.734. The van der Waals surface area contributed by atoms with Gasteiger partial charge in [0.1, 0.15) is 6.04 Å². The number of esters is 1. The molecular weight excluding hydrogens is 364 g/mol. The van der Waals surface area contributed by atoms with E-state index in [9.17, 15) is 9.59 Å². The van der Waals surface area contributed by atoms with Gasteiger partial charge in [-0.1, -0.05) is 12.1 Å². The summed E-state index contributed by atoms with van der Waals surface area (Å²) in [6, 6.07) is 6.54. The Morgan fingerprint density at radius 1 is 1.14 bits per heavy atom. The first kappa shape index (κ1) is 23.4. The van der Waals surface area contributed by atoms with E-state index in [1.807, 2.05) is 38.1 Å². The van der Waals surface area contributed by atoms with E-state index < -0.39 is 18.3 Å². The van der Waals surface area contributed by atoms with Crippen LogP contribution in [0.2, 0.25) is 0 Å². The lowest BCUT2D eigenvalue weighted by molar-refractivity contribution is -0.144.